The van der Waals surface area contributed by atoms with Crippen LogP contribution in [-0.2, 0) is 6.54 Å². The number of alkyl halides is 2. The fraction of sp³-hybridized carbons (Fsp3) is 0.333. The number of carbonyl (C=O) groups is 1. The molecule has 2 aliphatic rings. The Hall–Kier alpha value is -2.61. The van der Waals surface area contributed by atoms with Crippen molar-refractivity contribution < 1.29 is 13.6 Å². The van der Waals surface area contributed by atoms with E-state index in [2.05, 4.69) is 25.6 Å². The number of nitrogens with zero attached hydrogens (tertiary/aromatic N) is 2. The third kappa shape index (κ3) is 3.37. The van der Waals surface area contributed by atoms with Gasteiger partial charge in [-0.3, -0.25) is 9.69 Å². The lowest BCUT2D eigenvalue weighted by atomic mass is 9.91. The van der Waals surface area contributed by atoms with Gasteiger partial charge in [-0.1, -0.05) is 24.3 Å². The third-order valence-electron chi connectivity index (χ3n) is 4.84. The second-order valence-electron chi connectivity index (χ2n) is 6.61. The third-order valence-corrected chi connectivity index (χ3v) is 5.04. The highest BCUT2D eigenvalue weighted by Crippen LogP contribution is 2.36. The molecule has 0 radical (unpaired) electrons. The van der Waals surface area contributed by atoms with E-state index in [9.17, 15) is 13.6 Å². The number of halogens is 2. The van der Waals surface area contributed by atoms with Gasteiger partial charge in [-0.15, -0.1) is 0 Å². The number of benzene rings is 1. The molecule has 9 heteroatoms. The molecule has 0 bridgehead atoms. The average molecular weight is 389 g/mol. The molecule has 2 aromatic rings. The number of piperidine rings is 1. The molecule has 4 rings (SSSR count). The fourth-order valence-electron chi connectivity index (χ4n) is 3.51. The Bertz CT molecular complexity index is 937. The van der Waals surface area contributed by atoms with Crippen molar-refractivity contribution in [2.24, 2.45) is 0 Å². The van der Waals surface area contributed by atoms with E-state index >= 15 is 0 Å². The summed E-state index contributed by atoms with van der Waals surface area (Å²) < 4.78 is 27.8. The van der Waals surface area contributed by atoms with Crippen LogP contribution in [0.2, 0.25) is 0 Å². The number of aromatic nitrogens is 2. The molecule has 1 saturated heterocycles. The van der Waals surface area contributed by atoms with E-state index < -0.39 is 12.0 Å². The van der Waals surface area contributed by atoms with Crippen molar-refractivity contribution in [3.8, 4) is 0 Å². The maximum absolute atomic E-state index is 13.9. The van der Waals surface area contributed by atoms with Crippen molar-refractivity contribution >= 4 is 29.0 Å². The van der Waals surface area contributed by atoms with Gasteiger partial charge in [-0.05, 0) is 28.4 Å². The van der Waals surface area contributed by atoms with Crippen LogP contribution >= 0.6 is 12.2 Å². The minimum absolute atomic E-state index is 0.166. The lowest BCUT2D eigenvalue weighted by Gasteiger charge is -2.33. The summed E-state index contributed by atoms with van der Waals surface area (Å²) in [4.78, 5) is 21.1. The second kappa shape index (κ2) is 6.84. The summed E-state index contributed by atoms with van der Waals surface area (Å²) >= 11 is 4.92. The van der Waals surface area contributed by atoms with Crippen LogP contribution in [-0.4, -0.2) is 38.3 Å². The summed E-state index contributed by atoms with van der Waals surface area (Å²) in [7, 11) is 0. The Kier molecular flexibility index (Phi) is 4.51. The monoisotopic (exact) mass is 389 g/mol. The van der Waals surface area contributed by atoms with Crippen LogP contribution in [0.5, 0.6) is 0 Å². The van der Waals surface area contributed by atoms with Crippen LogP contribution in [0.25, 0.3) is 0 Å². The number of hydrogen-bond donors (Lipinski definition) is 3. The van der Waals surface area contributed by atoms with Gasteiger partial charge in [0.1, 0.15) is 5.69 Å². The highest BCUT2D eigenvalue weighted by Gasteiger charge is 2.38. The molecule has 0 spiro atoms. The first-order valence-corrected chi connectivity index (χ1v) is 8.96. The van der Waals surface area contributed by atoms with Gasteiger partial charge in [0, 0.05) is 25.4 Å². The molecule has 6 nitrogen and oxygen atoms in total. The molecule has 0 saturated carbocycles. The van der Waals surface area contributed by atoms with Crippen LogP contribution in [0, 0.1) is 0 Å². The quantitative estimate of drug-likeness (QED) is 0.704. The van der Waals surface area contributed by atoms with Crippen molar-refractivity contribution in [2.75, 3.05) is 11.9 Å². The molecule has 1 amide bonds. The Morgan fingerprint density at radius 2 is 2.19 bits per heavy atom. The number of rotatable bonds is 3. The molecule has 1 atom stereocenters. The summed E-state index contributed by atoms with van der Waals surface area (Å²) in [5.74, 6) is -2.29. The number of carbonyl (C=O) groups excluding carboxylic acids is 1. The van der Waals surface area contributed by atoms with Gasteiger partial charge in [0.15, 0.2) is 11.6 Å². The van der Waals surface area contributed by atoms with Gasteiger partial charge in [-0.2, -0.15) is 0 Å². The zero-order chi connectivity index (χ0) is 19.0. The van der Waals surface area contributed by atoms with E-state index in [4.69, 9.17) is 12.2 Å². The standard InChI is InChI=1S/C18H17F2N5OS/c19-18(20)5-6-21-13(7-18)12-4-2-1-3-11(12)8-25-14(9-27)24-16-15(17(25)26)22-10-23-16/h1-4,10,13,21,24H,5-8H2,(H,22,23). The van der Waals surface area contributed by atoms with E-state index in [-0.39, 0.29) is 31.8 Å². The summed E-state index contributed by atoms with van der Waals surface area (Å²) in [5, 5.41) is 8.68. The van der Waals surface area contributed by atoms with E-state index in [0.29, 0.717) is 17.3 Å². The summed E-state index contributed by atoms with van der Waals surface area (Å²) in [5.41, 5.74) is 1.85. The molecule has 1 unspecified atom stereocenters. The van der Waals surface area contributed by atoms with Crippen molar-refractivity contribution in [1.29, 1.82) is 0 Å². The van der Waals surface area contributed by atoms with Crippen molar-refractivity contribution in [2.45, 2.75) is 31.4 Å². The van der Waals surface area contributed by atoms with Crippen molar-refractivity contribution in [3.63, 3.8) is 0 Å². The molecule has 1 aromatic heterocycles. The van der Waals surface area contributed by atoms with Gasteiger partial charge in [-0.25, -0.2) is 13.8 Å². The molecular formula is C18H17F2N5OS. The number of anilines is 1. The van der Waals surface area contributed by atoms with Crippen molar-refractivity contribution in [1.82, 2.24) is 20.2 Å². The predicted octanol–water partition coefficient (Wildman–Crippen LogP) is 2.98. The van der Waals surface area contributed by atoms with Gasteiger partial charge in [0.25, 0.3) is 11.8 Å². The maximum atomic E-state index is 13.9. The number of nitrogens with one attached hydrogen (secondary N) is 3. The molecular weight excluding hydrogens is 372 g/mol. The molecule has 2 aliphatic heterocycles. The lowest BCUT2D eigenvalue weighted by Crippen LogP contribution is -2.40. The number of imidazole rings is 1. The SMILES string of the molecule is O=C1c2[nH]cnc2NC(=C=S)N1Cc1ccccc1C1CC(F)(F)CCN1. The highest BCUT2D eigenvalue weighted by atomic mass is 32.1. The summed E-state index contributed by atoms with van der Waals surface area (Å²) in [6.45, 7) is 0.433. The van der Waals surface area contributed by atoms with E-state index in [1.54, 1.807) is 0 Å². The number of thiocarbonyl (C=S) groups is 1. The van der Waals surface area contributed by atoms with Gasteiger partial charge in [0.2, 0.25) is 0 Å². The molecule has 1 aromatic carbocycles. The molecule has 27 heavy (non-hydrogen) atoms. The number of amides is 1. The zero-order valence-corrected chi connectivity index (χ0v) is 15.1. The van der Waals surface area contributed by atoms with Crippen LogP contribution in [0.4, 0.5) is 14.6 Å². The largest absolute Gasteiger partial charge is 0.339 e. The smallest absolute Gasteiger partial charge is 0.280 e. The minimum atomic E-state index is -2.70. The zero-order valence-electron chi connectivity index (χ0n) is 14.3. The summed E-state index contributed by atoms with van der Waals surface area (Å²) in [6.07, 6.45) is 0.986. The number of H-pyrrole nitrogens is 1. The first-order valence-electron chi connectivity index (χ1n) is 8.55. The normalized spacial score (nSPS) is 21.4. The maximum Gasteiger partial charge on any atom is 0.280 e. The molecule has 1 fully saturated rings. The lowest BCUT2D eigenvalue weighted by molar-refractivity contribution is -0.0416. The van der Waals surface area contributed by atoms with E-state index in [1.165, 1.54) is 11.2 Å². The van der Waals surface area contributed by atoms with Crippen LogP contribution in [0.1, 0.15) is 40.5 Å². The highest BCUT2D eigenvalue weighted by molar-refractivity contribution is 7.78. The molecule has 3 N–H and O–H groups in total. The van der Waals surface area contributed by atoms with Crippen LogP contribution < -0.4 is 10.6 Å². The first kappa shape index (κ1) is 17.8. The molecule has 140 valence electrons. The number of hydrogen-bond acceptors (Lipinski definition) is 5. The average Bonchev–Trinajstić information content (AvgIpc) is 3.12. The minimum Gasteiger partial charge on any atom is -0.339 e. The number of aromatic amines is 1. The van der Waals surface area contributed by atoms with Gasteiger partial charge in [0.05, 0.1) is 12.9 Å². The van der Waals surface area contributed by atoms with Crippen molar-refractivity contribution in [3.05, 3.63) is 53.2 Å². The molecule has 3 heterocycles. The Balaban J connectivity index is 1.65. The topological polar surface area (TPSA) is 73.0 Å². The second-order valence-corrected chi connectivity index (χ2v) is 6.81. The van der Waals surface area contributed by atoms with Crippen LogP contribution in [0.15, 0.2) is 36.4 Å². The Morgan fingerprint density at radius 3 is 2.96 bits per heavy atom. The Labute approximate surface area is 159 Å². The summed E-state index contributed by atoms with van der Waals surface area (Å²) in [6, 6.07) is 6.82. The van der Waals surface area contributed by atoms with Gasteiger partial charge < -0.3 is 15.6 Å². The number of fused-ring (bicyclic) bond motifs is 1. The predicted molar refractivity (Wildman–Crippen MR) is 99.6 cm³/mol. The Morgan fingerprint density at radius 1 is 1.37 bits per heavy atom. The van der Waals surface area contributed by atoms with E-state index in [1.807, 2.05) is 24.3 Å². The molecule has 0 aliphatic carbocycles. The fourth-order valence-corrected chi connectivity index (χ4v) is 3.67. The van der Waals surface area contributed by atoms with E-state index in [0.717, 1.165) is 11.1 Å². The van der Waals surface area contributed by atoms with Crippen LogP contribution in [0.3, 0.4) is 0 Å². The van der Waals surface area contributed by atoms with Gasteiger partial charge >= 0.3 is 0 Å². The first-order chi connectivity index (χ1) is 13.0.